The van der Waals surface area contributed by atoms with Gasteiger partial charge >= 0.3 is 0 Å². The van der Waals surface area contributed by atoms with E-state index < -0.39 is 0 Å². The number of hydrogen-bond acceptors (Lipinski definition) is 3. The third-order valence-electron chi connectivity index (χ3n) is 4.46. The average molecular weight is 322 g/mol. The molecule has 1 aliphatic rings. The number of carbonyl (C=O) groups is 1. The summed E-state index contributed by atoms with van der Waals surface area (Å²) in [5, 5.41) is 11.4. The zero-order chi connectivity index (χ0) is 16.8. The molecule has 0 saturated heterocycles. The number of fused-ring (bicyclic) bond motifs is 2. The van der Waals surface area contributed by atoms with Crippen LogP contribution in [0.4, 0.5) is 4.39 Å². The van der Waals surface area contributed by atoms with Gasteiger partial charge in [0.1, 0.15) is 11.3 Å². The van der Waals surface area contributed by atoms with Crippen molar-refractivity contribution >= 4 is 16.8 Å². The number of aromatic hydroxyl groups is 1. The molecule has 0 spiro atoms. The van der Waals surface area contributed by atoms with E-state index in [2.05, 4.69) is 4.98 Å². The number of carbonyl (C=O) groups excluding carboxylic acids is 1. The molecular formula is C19H15FN2O2. The van der Waals surface area contributed by atoms with Crippen LogP contribution in [0.25, 0.3) is 10.9 Å². The van der Waals surface area contributed by atoms with Gasteiger partial charge in [-0.2, -0.15) is 0 Å². The molecule has 4 rings (SSSR count). The summed E-state index contributed by atoms with van der Waals surface area (Å²) in [4.78, 5) is 18.5. The molecule has 0 bridgehead atoms. The fourth-order valence-corrected chi connectivity index (χ4v) is 3.19. The number of aryl methyl sites for hydroxylation is 1. The van der Waals surface area contributed by atoms with Gasteiger partial charge in [-0.15, -0.1) is 0 Å². The van der Waals surface area contributed by atoms with E-state index in [0.717, 1.165) is 22.1 Å². The van der Waals surface area contributed by atoms with Crippen LogP contribution < -0.4 is 0 Å². The van der Waals surface area contributed by atoms with Crippen LogP contribution in [0.15, 0.2) is 42.6 Å². The molecule has 0 fully saturated rings. The number of aromatic nitrogens is 1. The fourth-order valence-electron chi connectivity index (χ4n) is 3.19. The zero-order valence-corrected chi connectivity index (χ0v) is 13.1. The van der Waals surface area contributed by atoms with Crippen LogP contribution in [0.2, 0.25) is 0 Å². The monoisotopic (exact) mass is 322 g/mol. The van der Waals surface area contributed by atoms with E-state index in [-0.39, 0.29) is 17.5 Å². The number of hydrogen-bond donors (Lipinski definition) is 1. The summed E-state index contributed by atoms with van der Waals surface area (Å²) in [5.74, 6) is -0.588. The van der Waals surface area contributed by atoms with Gasteiger partial charge in [-0.3, -0.25) is 9.78 Å². The molecule has 0 atom stereocenters. The third kappa shape index (κ3) is 2.21. The first-order valence-corrected chi connectivity index (χ1v) is 7.68. The molecule has 1 amide bonds. The highest BCUT2D eigenvalue weighted by Crippen LogP contribution is 2.37. The second kappa shape index (κ2) is 5.30. The molecule has 24 heavy (non-hydrogen) atoms. The van der Waals surface area contributed by atoms with Crippen molar-refractivity contribution in [1.82, 2.24) is 9.88 Å². The second-order valence-electron chi connectivity index (χ2n) is 6.07. The van der Waals surface area contributed by atoms with Gasteiger partial charge < -0.3 is 10.0 Å². The Morgan fingerprint density at radius 3 is 2.75 bits per heavy atom. The Morgan fingerprint density at radius 2 is 2.00 bits per heavy atom. The van der Waals surface area contributed by atoms with Crippen molar-refractivity contribution in [3.63, 3.8) is 0 Å². The van der Waals surface area contributed by atoms with E-state index >= 15 is 0 Å². The Balaban J connectivity index is 1.74. The lowest BCUT2D eigenvalue weighted by Crippen LogP contribution is -2.23. The molecule has 1 aliphatic heterocycles. The number of phenols is 1. The molecule has 1 aromatic heterocycles. The molecule has 2 aromatic carbocycles. The van der Waals surface area contributed by atoms with Crippen molar-refractivity contribution in [2.75, 3.05) is 0 Å². The standard InChI is InChI=1S/C19H15FN2O2/c1-11-6-7-21-17-15(11)8-13-10-22(19(24)16(13)18(17)23)9-12-2-4-14(20)5-3-12/h2-8,23H,9-10H2,1H3. The molecule has 5 heteroatoms. The Morgan fingerprint density at radius 1 is 1.25 bits per heavy atom. The number of phenolic OH excluding ortho intramolecular Hbond substituents is 1. The quantitative estimate of drug-likeness (QED) is 0.785. The summed E-state index contributed by atoms with van der Waals surface area (Å²) in [7, 11) is 0. The number of rotatable bonds is 2. The smallest absolute Gasteiger partial charge is 0.258 e. The number of nitrogens with zero attached hydrogens (tertiary/aromatic N) is 2. The summed E-state index contributed by atoms with van der Waals surface area (Å²) < 4.78 is 13.0. The molecule has 1 N–H and O–H groups in total. The van der Waals surface area contributed by atoms with Gasteiger partial charge in [0, 0.05) is 24.7 Å². The Bertz CT molecular complexity index is 967. The van der Waals surface area contributed by atoms with Crippen molar-refractivity contribution in [2.24, 2.45) is 0 Å². The average Bonchev–Trinajstić information content (AvgIpc) is 2.87. The van der Waals surface area contributed by atoms with Gasteiger partial charge in [0.05, 0.1) is 5.56 Å². The maximum atomic E-state index is 13.0. The lowest BCUT2D eigenvalue weighted by molar-refractivity contribution is 0.0764. The van der Waals surface area contributed by atoms with Crippen molar-refractivity contribution in [3.8, 4) is 5.75 Å². The second-order valence-corrected chi connectivity index (χ2v) is 6.07. The largest absolute Gasteiger partial charge is 0.505 e. The molecule has 0 aliphatic carbocycles. The molecule has 120 valence electrons. The van der Waals surface area contributed by atoms with Crippen LogP contribution in [0.5, 0.6) is 5.75 Å². The van der Waals surface area contributed by atoms with Gasteiger partial charge in [0.2, 0.25) is 0 Å². The van der Waals surface area contributed by atoms with Gasteiger partial charge in [-0.05, 0) is 47.9 Å². The normalized spacial score (nSPS) is 13.6. The zero-order valence-electron chi connectivity index (χ0n) is 13.1. The summed E-state index contributed by atoms with van der Waals surface area (Å²) in [6.45, 7) is 2.74. The van der Waals surface area contributed by atoms with E-state index in [0.29, 0.717) is 24.2 Å². The fraction of sp³-hybridized carbons (Fsp3) is 0.158. The third-order valence-corrected chi connectivity index (χ3v) is 4.46. The summed E-state index contributed by atoms with van der Waals surface area (Å²) in [6.07, 6.45) is 1.62. The predicted octanol–water partition coefficient (Wildman–Crippen LogP) is 3.54. The van der Waals surface area contributed by atoms with E-state index in [1.807, 2.05) is 19.1 Å². The molecule has 0 unspecified atom stereocenters. The molecule has 0 saturated carbocycles. The van der Waals surface area contributed by atoms with Crippen LogP contribution in [0.3, 0.4) is 0 Å². The van der Waals surface area contributed by atoms with E-state index in [1.165, 1.54) is 12.1 Å². The maximum Gasteiger partial charge on any atom is 0.258 e. The van der Waals surface area contributed by atoms with Crippen LogP contribution >= 0.6 is 0 Å². The minimum atomic E-state index is -0.305. The van der Waals surface area contributed by atoms with Crippen LogP contribution in [-0.2, 0) is 13.1 Å². The van der Waals surface area contributed by atoms with Crippen molar-refractivity contribution < 1.29 is 14.3 Å². The van der Waals surface area contributed by atoms with E-state index in [1.54, 1.807) is 23.2 Å². The molecular weight excluding hydrogens is 307 g/mol. The highest BCUT2D eigenvalue weighted by Gasteiger charge is 2.32. The van der Waals surface area contributed by atoms with Crippen molar-refractivity contribution in [1.29, 1.82) is 0 Å². The topological polar surface area (TPSA) is 53.4 Å². The predicted molar refractivity (Wildman–Crippen MR) is 88.1 cm³/mol. The summed E-state index contributed by atoms with van der Waals surface area (Å²) in [5.41, 5.74) is 3.41. The van der Waals surface area contributed by atoms with Crippen LogP contribution in [-0.4, -0.2) is 20.9 Å². The highest BCUT2D eigenvalue weighted by molar-refractivity contribution is 6.06. The van der Waals surface area contributed by atoms with E-state index in [4.69, 9.17) is 0 Å². The van der Waals surface area contributed by atoms with Gasteiger partial charge in [0.15, 0.2) is 5.75 Å². The highest BCUT2D eigenvalue weighted by atomic mass is 19.1. The molecule has 0 radical (unpaired) electrons. The van der Waals surface area contributed by atoms with Crippen molar-refractivity contribution in [3.05, 3.63) is 70.7 Å². The number of pyridine rings is 1. The maximum absolute atomic E-state index is 13.0. The first kappa shape index (κ1) is 14.6. The molecule has 4 nitrogen and oxygen atoms in total. The summed E-state index contributed by atoms with van der Waals surface area (Å²) in [6, 6.07) is 9.88. The summed E-state index contributed by atoms with van der Waals surface area (Å²) >= 11 is 0. The van der Waals surface area contributed by atoms with Crippen LogP contribution in [0, 0.1) is 12.7 Å². The van der Waals surface area contributed by atoms with Gasteiger partial charge in [-0.1, -0.05) is 12.1 Å². The SMILES string of the molecule is Cc1ccnc2c(O)c3c(cc12)CN(Cc1ccc(F)cc1)C3=O. The minimum Gasteiger partial charge on any atom is -0.505 e. The lowest BCUT2D eigenvalue weighted by atomic mass is 10.0. The number of benzene rings is 2. The Labute approximate surface area is 138 Å². The Kier molecular flexibility index (Phi) is 3.23. The lowest BCUT2D eigenvalue weighted by Gasteiger charge is -2.15. The Hall–Kier alpha value is -2.95. The number of halogens is 1. The molecule has 2 heterocycles. The van der Waals surface area contributed by atoms with Gasteiger partial charge in [0.25, 0.3) is 5.91 Å². The van der Waals surface area contributed by atoms with Crippen LogP contribution in [0.1, 0.15) is 27.0 Å². The van der Waals surface area contributed by atoms with Gasteiger partial charge in [-0.25, -0.2) is 4.39 Å². The van der Waals surface area contributed by atoms with Crippen molar-refractivity contribution in [2.45, 2.75) is 20.0 Å². The minimum absolute atomic E-state index is 0.0576. The first-order chi connectivity index (χ1) is 11.5. The first-order valence-electron chi connectivity index (χ1n) is 7.68. The molecule has 3 aromatic rings. The van der Waals surface area contributed by atoms with E-state index in [9.17, 15) is 14.3 Å². The number of amides is 1.